The number of aliphatic hydroxyl groups excluding tert-OH is 1. The number of aliphatic hydroxyl groups is 1. The van der Waals surface area contributed by atoms with Crippen LogP contribution in [0.3, 0.4) is 0 Å². The van der Waals surface area contributed by atoms with Crippen LogP contribution in [-0.4, -0.2) is 37.6 Å². The van der Waals surface area contributed by atoms with Crippen molar-refractivity contribution in [1.29, 1.82) is 0 Å². The molecule has 0 radical (unpaired) electrons. The van der Waals surface area contributed by atoms with Gasteiger partial charge in [-0.3, -0.25) is 0 Å². The summed E-state index contributed by atoms with van der Waals surface area (Å²) in [7, 11) is 0. The summed E-state index contributed by atoms with van der Waals surface area (Å²) in [6, 6.07) is 0. The van der Waals surface area contributed by atoms with Gasteiger partial charge in [-0.05, 0) is 31.6 Å². The van der Waals surface area contributed by atoms with E-state index in [1.807, 2.05) is 0 Å². The third-order valence-electron chi connectivity index (χ3n) is 3.31. The van der Waals surface area contributed by atoms with Crippen LogP contribution in [0.2, 0.25) is 0 Å². The van der Waals surface area contributed by atoms with E-state index in [0.29, 0.717) is 25.0 Å². The number of hydrogen-bond acceptors (Lipinski definition) is 3. The summed E-state index contributed by atoms with van der Waals surface area (Å²) in [5.41, 5.74) is 0. The van der Waals surface area contributed by atoms with Crippen LogP contribution in [0.1, 0.15) is 25.7 Å². The topological polar surface area (TPSA) is 38.7 Å². The fraction of sp³-hybridized carbons (Fsp3) is 0.846. The molecule has 1 N–H and O–H groups in total. The molecular formula is C13H20O3. The molecule has 0 aromatic carbocycles. The minimum Gasteiger partial charge on any atom is -0.396 e. The van der Waals surface area contributed by atoms with Gasteiger partial charge < -0.3 is 14.6 Å². The van der Waals surface area contributed by atoms with Gasteiger partial charge in [0, 0.05) is 19.1 Å². The van der Waals surface area contributed by atoms with Gasteiger partial charge in [-0.25, -0.2) is 0 Å². The van der Waals surface area contributed by atoms with Gasteiger partial charge in [0.2, 0.25) is 0 Å². The van der Waals surface area contributed by atoms with Crippen molar-refractivity contribution < 1.29 is 14.6 Å². The second-order valence-corrected chi connectivity index (χ2v) is 4.69. The van der Waals surface area contributed by atoms with Gasteiger partial charge in [0.05, 0.1) is 12.7 Å². The van der Waals surface area contributed by atoms with Gasteiger partial charge in [-0.15, -0.1) is 0 Å². The highest BCUT2D eigenvalue weighted by Crippen LogP contribution is 2.32. The summed E-state index contributed by atoms with van der Waals surface area (Å²) in [4.78, 5) is 0. The zero-order valence-electron chi connectivity index (χ0n) is 9.65. The highest BCUT2D eigenvalue weighted by atomic mass is 16.5. The summed E-state index contributed by atoms with van der Waals surface area (Å²) in [6.45, 7) is 2.43. The minimum absolute atomic E-state index is 0.245. The fourth-order valence-electron chi connectivity index (χ4n) is 2.19. The Morgan fingerprint density at radius 3 is 2.94 bits per heavy atom. The van der Waals surface area contributed by atoms with Gasteiger partial charge >= 0.3 is 0 Å². The Kier molecular flexibility index (Phi) is 4.65. The van der Waals surface area contributed by atoms with Crippen LogP contribution in [0.4, 0.5) is 0 Å². The maximum atomic E-state index is 8.86. The van der Waals surface area contributed by atoms with Crippen LogP contribution in [0.15, 0.2) is 0 Å². The molecule has 0 aromatic heterocycles. The van der Waals surface area contributed by atoms with Crippen molar-refractivity contribution in [3.8, 4) is 11.8 Å². The van der Waals surface area contributed by atoms with Crippen LogP contribution in [0, 0.1) is 23.7 Å². The Labute approximate surface area is 97.1 Å². The van der Waals surface area contributed by atoms with Crippen molar-refractivity contribution in [3.63, 3.8) is 0 Å². The third-order valence-corrected chi connectivity index (χ3v) is 3.31. The fourth-order valence-corrected chi connectivity index (χ4v) is 2.19. The largest absolute Gasteiger partial charge is 0.396 e. The summed E-state index contributed by atoms with van der Waals surface area (Å²) >= 11 is 0. The Hall–Kier alpha value is -0.560. The molecule has 16 heavy (non-hydrogen) atoms. The van der Waals surface area contributed by atoms with Crippen LogP contribution < -0.4 is 0 Å². The minimum atomic E-state index is 0.245. The molecule has 0 amide bonds. The molecule has 2 fully saturated rings. The zero-order chi connectivity index (χ0) is 11.2. The Morgan fingerprint density at radius 1 is 1.38 bits per heavy atom. The highest BCUT2D eigenvalue weighted by molar-refractivity contribution is 5.08. The molecule has 1 aliphatic heterocycles. The van der Waals surface area contributed by atoms with E-state index in [2.05, 4.69) is 11.8 Å². The molecule has 3 heteroatoms. The molecule has 1 atom stereocenters. The van der Waals surface area contributed by atoms with E-state index in [4.69, 9.17) is 14.6 Å². The maximum absolute atomic E-state index is 8.86. The molecule has 1 saturated heterocycles. The molecule has 3 nitrogen and oxygen atoms in total. The van der Waals surface area contributed by atoms with Gasteiger partial charge in [-0.1, -0.05) is 11.8 Å². The van der Waals surface area contributed by atoms with Gasteiger partial charge in [0.25, 0.3) is 0 Å². The van der Waals surface area contributed by atoms with E-state index >= 15 is 0 Å². The molecule has 0 aromatic rings. The lowest BCUT2D eigenvalue weighted by atomic mass is 9.76. The van der Waals surface area contributed by atoms with Crippen LogP contribution >= 0.6 is 0 Å². The number of hydrogen-bond donors (Lipinski definition) is 1. The molecule has 2 aliphatic rings. The van der Waals surface area contributed by atoms with Crippen molar-refractivity contribution >= 4 is 0 Å². The SMILES string of the molecule is OCC1CC(C#CCOC2CCCOC2)C1. The Bertz CT molecular complexity index is 254. The lowest BCUT2D eigenvalue weighted by molar-refractivity contribution is -0.0394. The first-order valence-electron chi connectivity index (χ1n) is 6.17. The number of ether oxygens (including phenoxy) is 2. The first kappa shape index (κ1) is 11.9. The lowest BCUT2D eigenvalue weighted by Gasteiger charge is -2.29. The van der Waals surface area contributed by atoms with E-state index in [0.717, 1.165) is 38.9 Å². The zero-order valence-corrected chi connectivity index (χ0v) is 9.65. The third kappa shape index (κ3) is 3.48. The Balaban J connectivity index is 1.55. The van der Waals surface area contributed by atoms with E-state index in [9.17, 15) is 0 Å². The van der Waals surface area contributed by atoms with Crippen molar-refractivity contribution in [2.24, 2.45) is 11.8 Å². The second kappa shape index (κ2) is 6.24. The van der Waals surface area contributed by atoms with Crippen LogP contribution in [0.25, 0.3) is 0 Å². The highest BCUT2D eigenvalue weighted by Gasteiger charge is 2.26. The molecule has 90 valence electrons. The van der Waals surface area contributed by atoms with Crippen LogP contribution in [-0.2, 0) is 9.47 Å². The average Bonchev–Trinajstić information content (AvgIpc) is 2.28. The van der Waals surface area contributed by atoms with E-state index in [-0.39, 0.29) is 6.10 Å². The van der Waals surface area contributed by atoms with Gasteiger partial charge in [0.1, 0.15) is 6.61 Å². The van der Waals surface area contributed by atoms with Crippen molar-refractivity contribution in [3.05, 3.63) is 0 Å². The number of rotatable bonds is 3. The molecule has 1 saturated carbocycles. The molecule has 0 bridgehead atoms. The maximum Gasteiger partial charge on any atom is 0.108 e. The van der Waals surface area contributed by atoms with Crippen LogP contribution in [0.5, 0.6) is 0 Å². The van der Waals surface area contributed by atoms with Crippen molar-refractivity contribution in [2.75, 3.05) is 26.4 Å². The predicted octanol–water partition coefficient (Wildman–Crippen LogP) is 1.20. The molecule has 1 unspecified atom stereocenters. The summed E-state index contributed by atoms with van der Waals surface area (Å²) in [5, 5.41) is 8.86. The first-order chi connectivity index (χ1) is 7.88. The average molecular weight is 224 g/mol. The van der Waals surface area contributed by atoms with E-state index < -0.39 is 0 Å². The molecular weight excluding hydrogens is 204 g/mol. The monoisotopic (exact) mass is 224 g/mol. The normalized spacial score (nSPS) is 33.7. The quantitative estimate of drug-likeness (QED) is 0.732. The van der Waals surface area contributed by atoms with Gasteiger partial charge in [0.15, 0.2) is 0 Å². The van der Waals surface area contributed by atoms with Crippen molar-refractivity contribution in [2.45, 2.75) is 31.8 Å². The first-order valence-corrected chi connectivity index (χ1v) is 6.17. The molecule has 1 aliphatic carbocycles. The second-order valence-electron chi connectivity index (χ2n) is 4.69. The summed E-state index contributed by atoms with van der Waals surface area (Å²) < 4.78 is 10.9. The van der Waals surface area contributed by atoms with Crippen molar-refractivity contribution in [1.82, 2.24) is 0 Å². The van der Waals surface area contributed by atoms with E-state index in [1.165, 1.54) is 0 Å². The summed E-state index contributed by atoms with van der Waals surface area (Å²) in [5.74, 6) is 7.25. The molecule has 1 heterocycles. The Morgan fingerprint density at radius 2 is 2.25 bits per heavy atom. The summed E-state index contributed by atoms with van der Waals surface area (Å²) in [6.07, 6.45) is 4.54. The standard InChI is InChI=1S/C13H20O3/c14-9-12-7-11(8-12)3-1-6-16-13-4-2-5-15-10-13/h11-14H,2,4-10H2. The van der Waals surface area contributed by atoms with E-state index in [1.54, 1.807) is 0 Å². The molecule has 0 spiro atoms. The van der Waals surface area contributed by atoms with Gasteiger partial charge in [-0.2, -0.15) is 0 Å². The smallest absolute Gasteiger partial charge is 0.108 e. The lowest BCUT2D eigenvalue weighted by Crippen LogP contribution is -2.26. The molecule has 2 rings (SSSR count). The predicted molar refractivity (Wildman–Crippen MR) is 60.9 cm³/mol.